The summed E-state index contributed by atoms with van der Waals surface area (Å²) in [5.41, 5.74) is -0.713. The maximum Gasteiger partial charge on any atom is 0.320 e. The van der Waals surface area contributed by atoms with E-state index in [1.165, 1.54) is 0 Å². The number of aryl methyl sites for hydroxylation is 1. The minimum Gasteiger partial charge on any atom is -0.481 e. The number of hydrogen-bond donors (Lipinski definition) is 1. The topological polar surface area (TPSA) is 78.7 Å². The SMILES string of the molecule is CN(Cc1nccn1C)C(=O)N1CCC(C)(C(=O)O)CC1. The third-order valence-corrected chi connectivity index (χ3v) is 4.28. The molecular formula is C14H22N4O3. The molecule has 21 heavy (non-hydrogen) atoms. The Labute approximate surface area is 124 Å². The van der Waals surface area contributed by atoms with E-state index < -0.39 is 11.4 Å². The summed E-state index contributed by atoms with van der Waals surface area (Å²) >= 11 is 0. The van der Waals surface area contributed by atoms with E-state index in [0.29, 0.717) is 32.5 Å². The van der Waals surface area contributed by atoms with Crippen molar-refractivity contribution < 1.29 is 14.7 Å². The Morgan fingerprint density at radius 2 is 2.05 bits per heavy atom. The highest BCUT2D eigenvalue weighted by molar-refractivity contribution is 5.76. The predicted molar refractivity (Wildman–Crippen MR) is 76.6 cm³/mol. The maximum atomic E-state index is 12.4. The summed E-state index contributed by atoms with van der Waals surface area (Å²) in [5.74, 6) is 0.0363. The number of urea groups is 1. The van der Waals surface area contributed by atoms with Gasteiger partial charge in [-0.05, 0) is 19.8 Å². The fourth-order valence-corrected chi connectivity index (χ4v) is 2.48. The fraction of sp³-hybridized carbons (Fsp3) is 0.643. The predicted octanol–water partition coefficient (Wildman–Crippen LogP) is 1.16. The van der Waals surface area contributed by atoms with Crippen LogP contribution in [0.3, 0.4) is 0 Å². The van der Waals surface area contributed by atoms with Crippen LogP contribution in [0.15, 0.2) is 12.4 Å². The number of rotatable bonds is 3. The van der Waals surface area contributed by atoms with Gasteiger partial charge in [-0.15, -0.1) is 0 Å². The van der Waals surface area contributed by atoms with Gasteiger partial charge >= 0.3 is 12.0 Å². The maximum absolute atomic E-state index is 12.4. The van der Waals surface area contributed by atoms with Gasteiger partial charge in [-0.1, -0.05) is 0 Å². The van der Waals surface area contributed by atoms with Gasteiger partial charge in [0.05, 0.1) is 12.0 Å². The van der Waals surface area contributed by atoms with Gasteiger partial charge in [0, 0.05) is 39.6 Å². The molecule has 1 aliphatic heterocycles. The monoisotopic (exact) mass is 294 g/mol. The highest BCUT2D eigenvalue weighted by Crippen LogP contribution is 2.31. The van der Waals surface area contributed by atoms with Crippen LogP contribution in [-0.2, 0) is 18.4 Å². The molecule has 1 saturated heterocycles. The summed E-state index contributed by atoms with van der Waals surface area (Å²) in [7, 11) is 3.63. The number of likely N-dealkylation sites (tertiary alicyclic amines) is 1. The first-order chi connectivity index (χ1) is 9.83. The van der Waals surface area contributed by atoms with Crippen molar-refractivity contribution in [1.29, 1.82) is 0 Å². The lowest BCUT2D eigenvalue weighted by molar-refractivity contribution is -0.150. The molecule has 7 nitrogen and oxygen atoms in total. The molecule has 7 heteroatoms. The number of carboxylic acid groups (broad SMARTS) is 1. The number of piperidine rings is 1. The molecule has 0 aliphatic carbocycles. The smallest absolute Gasteiger partial charge is 0.320 e. The number of carboxylic acids is 1. The zero-order valence-corrected chi connectivity index (χ0v) is 12.7. The van der Waals surface area contributed by atoms with E-state index in [9.17, 15) is 14.7 Å². The van der Waals surface area contributed by atoms with Crippen LogP contribution in [0.1, 0.15) is 25.6 Å². The third-order valence-electron chi connectivity index (χ3n) is 4.28. The van der Waals surface area contributed by atoms with Crippen LogP contribution in [-0.4, -0.2) is 56.6 Å². The third kappa shape index (κ3) is 3.17. The minimum atomic E-state index is -0.782. The molecule has 2 rings (SSSR count). The summed E-state index contributed by atoms with van der Waals surface area (Å²) in [6.45, 7) is 3.14. The second kappa shape index (κ2) is 5.75. The van der Waals surface area contributed by atoms with Gasteiger partial charge in [0.25, 0.3) is 0 Å². The number of amides is 2. The van der Waals surface area contributed by atoms with Crippen molar-refractivity contribution in [2.45, 2.75) is 26.3 Å². The number of imidazole rings is 1. The molecular weight excluding hydrogens is 272 g/mol. The van der Waals surface area contributed by atoms with Gasteiger partial charge in [0.1, 0.15) is 5.82 Å². The lowest BCUT2D eigenvalue weighted by Gasteiger charge is -2.38. The number of carbonyl (C=O) groups excluding carboxylic acids is 1. The van der Waals surface area contributed by atoms with Crippen molar-refractivity contribution in [2.24, 2.45) is 12.5 Å². The average Bonchev–Trinajstić information content (AvgIpc) is 2.84. The molecule has 0 saturated carbocycles. The zero-order valence-electron chi connectivity index (χ0n) is 12.7. The van der Waals surface area contributed by atoms with Gasteiger partial charge in [0.15, 0.2) is 0 Å². The van der Waals surface area contributed by atoms with Crippen molar-refractivity contribution in [3.8, 4) is 0 Å². The summed E-state index contributed by atoms with van der Waals surface area (Å²) < 4.78 is 1.88. The number of nitrogens with zero attached hydrogens (tertiary/aromatic N) is 4. The van der Waals surface area contributed by atoms with E-state index >= 15 is 0 Å². The lowest BCUT2D eigenvalue weighted by atomic mass is 9.80. The van der Waals surface area contributed by atoms with Crippen LogP contribution in [0.25, 0.3) is 0 Å². The van der Waals surface area contributed by atoms with Crippen LogP contribution in [0.4, 0.5) is 4.79 Å². The molecule has 0 bridgehead atoms. The van der Waals surface area contributed by atoms with Crippen molar-refractivity contribution in [1.82, 2.24) is 19.4 Å². The van der Waals surface area contributed by atoms with Gasteiger partial charge in [-0.25, -0.2) is 9.78 Å². The number of aliphatic carboxylic acids is 1. The number of aromatic nitrogens is 2. The van der Waals surface area contributed by atoms with Gasteiger partial charge in [-0.2, -0.15) is 0 Å². The Bertz CT molecular complexity index is 532. The molecule has 1 aromatic heterocycles. The van der Waals surface area contributed by atoms with Gasteiger partial charge in [-0.3, -0.25) is 4.79 Å². The lowest BCUT2D eigenvalue weighted by Crippen LogP contribution is -2.49. The Morgan fingerprint density at radius 1 is 1.43 bits per heavy atom. The molecule has 1 N–H and O–H groups in total. The van der Waals surface area contributed by atoms with E-state index in [1.54, 1.807) is 30.0 Å². The van der Waals surface area contributed by atoms with Crippen LogP contribution < -0.4 is 0 Å². The highest BCUT2D eigenvalue weighted by atomic mass is 16.4. The first kappa shape index (κ1) is 15.3. The molecule has 1 aromatic rings. The van der Waals surface area contributed by atoms with Crippen molar-refractivity contribution in [3.63, 3.8) is 0 Å². The Balaban J connectivity index is 1.93. The normalized spacial score (nSPS) is 17.6. The fourth-order valence-electron chi connectivity index (χ4n) is 2.48. The Hall–Kier alpha value is -2.05. The van der Waals surface area contributed by atoms with Crippen LogP contribution in [0, 0.1) is 5.41 Å². The van der Waals surface area contributed by atoms with E-state index in [0.717, 1.165) is 5.82 Å². The molecule has 1 fully saturated rings. The number of hydrogen-bond acceptors (Lipinski definition) is 3. The van der Waals surface area contributed by atoms with Crippen molar-refractivity contribution in [3.05, 3.63) is 18.2 Å². The van der Waals surface area contributed by atoms with E-state index in [-0.39, 0.29) is 6.03 Å². The average molecular weight is 294 g/mol. The van der Waals surface area contributed by atoms with E-state index in [4.69, 9.17) is 0 Å². The van der Waals surface area contributed by atoms with Crippen LogP contribution >= 0.6 is 0 Å². The molecule has 0 spiro atoms. The summed E-state index contributed by atoms with van der Waals surface area (Å²) in [5, 5.41) is 9.21. The van der Waals surface area contributed by atoms with Crippen molar-refractivity contribution in [2.75, 3.05) is 20.1 Å². The van der Waals surface area contributed by atoms with Gasteiger partial charge in [0.2, 0.25) is 0 Å². The van der Waals surface area contributed by atoms with E-state index in [2.05, 4.69) is 4.98 Å². The molecule has 116 valence electrons. The molecule has 2 heterocycles. The molecule has 2 amide bonds. The molecule has 0 radical (unpaired) electrons. The van der Waals surface area contributed by atoms with Gasteiger partial charge < -0.3 is 19.5 Å². The number of carbonyl (C=O) groups is 2. The second-order valence-electron chi connectivity index (χ2n) is 5.95. The van der Waals surface area contributed by atoms with Crippen LogP contribution in [0.5, 0.6) is 0 Å². The molecule has 0 unspecified atom stereocenters. The summed E-state index contributed by atoms with van der Waals surface area (Å²) in [6, 6.07) is -0.0783. The Kier molecular flexibility index (Phi) is 4.20. The first-order valence-electron chi connectivity index (χ1n) is 7.03. The summed E-state index contributed by atoms with van der Waals surface area (Å²) in [6.07, 6.45) is 4.52. The summed E-state index contributed by atoms with van der Waals surface area (Å²) in [4.78, 5) is 31.1. The van der Waals surface area contributed by atoms with Crippen molar-refractivity contribution >= 4 is 12.0 Å². The quantitative estimate of drug-likeness (QED) is 0.907. The zero-order chi connectivity index (χ0) is 15.6. The minimum absolute atomic E-state index is 0.0783. The Morgan fingerprint density at radius 3 is 2.52 bits per heavy atom. The molecule has 0 atom stereocenters. The standard InChI is InChI=1S/C14H22N4O3/c1-14(12(19)20)4-7-18(8-5-14)13(21)17(3)10-11-15-6-9-16(11)2/h6,9H,4-5,7-8,10H2,1-3H3,(H,19,20). The van der Waals surface area contributed by atoms with E-state index in [1.807, 2.05) is 17.8 Å². The van der Waals surface area contributed by atoms with Crippen LogP contribution in [0.2, 0.25) is 0 Å². The second-order valence-corrected chi connectivity index (χ2v) is 5.95. The molecule has 1 aliphatic rings. The molecule has 0 aromatic carbocycles. The highest BCUT2D eigenvalue weighted by Gasteiger charge is 2.38. The first-order valence-corrected chi connectivity index (χ1v) is 7.03. The largest absolute Gasteiger partial charge is 0.481 e.